The van der Waals surface area contributed by atoms with E-state index in [-0.39, 0.29) is 46.4 Å². The van der Waals surface area contributed by atoms with Gasteiger partial charge in [-0.3, -0.25) is 19.4 Å². The lowest BCUT2D eigenvalue weighted by Gasteiger charge is -2.34. The number of fused-ring (bicyclic) bond motifs is 3. The first kappa shape index (κ1) is 46.1. The van der Waals surface area contributed by atoms with Crippen LogP contribution >= 0.6 is 0 Å². The van der Waals surface area contributed by atoms with E-state index >= 15 is 0 Å². The minimum Gasteiger partial charge on any atom is -0.508 e. The molecule has 3 heterocycles. The predicted molar refractivity (Wildman–Crippen MR) is 257 cm³/mol. The fourth-order valence-corrected chi connectivity index (χ4v) is 9.37. The summed E-state index contributed by atoms with van der Waals surface area (Å²) in [5, 5.41) is 34.3. The van der Waals surface area contributed by atoms with Crippen molar-refractivity contribution < 1.29 is 34.4 Å². The lowest BCUT2D eigenvalue weighted by atomic mass is 9.84. The number of nitrogens with one attached hydrogen (secondary N) is 1. The molecule has 4 aliphatic rings. The highest BCUT2D eigenvalue weighted by atomic mass is 16.5. The number of amides is 2. The number of likely N-dealkylation sites (N-methyl/N-ethyl adjacent to an activating group) is 1. The predicted octanol–water partition coefficient (Wildman–Crippen LogP) is 7.44. The van der Waals surface area contributed by atoms with E-state index in [1.54, 1.807) is 23.1 Å². The van der Waals surface area contributed by atoms with Crippen LogP contribution in [0.25, 0.3) is 5.57 Å². The number of anilines is 1. The highest BCUT2D eigenvalue weighted by Crippen LogP contribution is 2.45. The van der Waals surface area contributed by atoms with Gasteiger partial charge in [0.05, 0.1) is 11.1 Å². The lowest BCUT2D eigenvalue weighted by molar-refractivity contribution is 0.0695. The third-order valence-electron chi connectivity index (χ3n) is 13.3. The van der Waals surface area contributed by atoms with Crippen LogP contribution in [-0.4, -0.2) is 126 Å². The molecule has 1 unspecified atom stereocenters. The van der Waals surface area contributed by atoms with Crippen LogP contribution in [0.2, 0.25) is 0 Å². The zero-order valence-electron chi connectivity index (χ0n) is 38.9. The van der Waals surface area contributed by atoms with Gasteiger partial charge in [-0.25, -0.2) is 4.79 Å². The molecule has 4 N–H and O–H groups in total. The number of phenolic OH excluding ortho intramolecular Hbond substituents is 2. The second-order valence-electron chi connectivity index (χ2n) is 18.7. The van der Waals surface area contributed by atoms with Crippen molar-refractivity contribution in [1.29, 1.82) is 0 Å². The van der Waals surface area contributed by atoms with Crippen LogP contribution in [-0.2, 0) is 19.6 Å². The average molecular weight is 895 g/mol. The number of ether oxygens (including phenoxy) is 1. The highest BCUT2D eigenvalue weighted by Gasteiger charge is 2.32. The maximum absolute atomic E-state index is 13.5. The molecule has 1 aliphatic carbocycles. The summed E-state index contributed by atoms with van der Waals surface area (Å²) in [4.78, 5) is 50.5. The first-order valence-electron chi connectivity index (χ1n) is 23.0. The molecule has 0 spiro atoms. The average Bonchev–Trinajstić information content (AvgIpc) is 3.72. The van der Waals surface area contributed by atoms with Crippen LogP contribution in [0, 0.1) is 0 Å². The van der Waals surface area contributed by atoms with E-state index in [2.05, 4.69) is 44.3 Å². The summed E-state index contributed by atoms with van der Waals surface area (Å²) in [6.45, 7) is 11.1. The summed E-state index contributed by atoms with van der Waals surface area (Å²) in [6, 6.07) is 20.2. The third kappa shape index (κ3) is 9.89. The Morgan fingerprint density at radius 2 is 1.55 bits per heavy atom. The fourth-order valence-electron chi connectivity index (χ4n) is 9.37. The number of hydrogen-bond donors (Lipinski definition) is 4. The summed E-state index contributed by atoms with van der Waals surface area (Å²) >= 11 is 0. The van der Waals surface area contributed by atoms with Crippen LogP contribution < -0.4 is 15.0 Å². The van der Waals surface area contributed by atoms with E-state index in [0.717, 1.165) is 92.1 Å². The van der Waals surface area contributed by atoms with E-state index in [1.165, 1.54) is 17.7 Å². The van der Waals surface area contributed by atoms with E-state index < -0.39 is 5.97 Å². The van der Waals surface area contributed by atoms with E-state index in [1.807, 2.05) is 77.3 Å². The van der Waals surface area contributed by atoms with E-state index in [9.17, 15) is 29.7 Å². The molecule has 13 nitrogen and oxygen atoms in total. The lowest BCUT2D eigenvalue weighted by Crippen LogP contribution is -2.46. The monoisotopic (exact) mass is 894 g/mol. The van der Waals surface area contributed by atoms with Crippen LogP contribution in [0.5, 0.6) is 17.2 Å². The van der Waals surface area contributed by atoms with Gasteiger partial charge in [0.25, 0.3) is 11.8 Å². The van der Waals surface area contributed by atoms with Crippen molar-refractivity contribution >= 4 is 29.0 Å². The number of carboxylic acids is 1. The fraction of sp³-hybridized carbons (Fsp3) is 0.377. The van der Waals surface area contributed by atoms with Crippen molar-refractivity contribution in [2.24, 2.45) is 0 Å². The molecule has 0 radical (unpaired) electrons. The van der Waals surface area contributed by atoms with Crippen molar-refractivity contribution in [1.82, 2.24) is 24.9 Å². The van der Waals surface area contributed by atoms with Crippen molar-refractivity contribution in [2.75, 3.05) is 72.4 Å². The number of carbonyl (C=O) groups is 3. The number of carboxylic acid groups (broad SMARTS) is 1. The number of piperazine rings is 1. The number of rotatable bonds is 15. The molecule has 2 amide bonds. The smallest absolute Gasteiger partial charge is 0.336 e. The van der Waals surface area contributed by atoms with Crippen molar-refractivity contribution in [3.8, 4) is 17.2 Å². The Bertz CT molecular complexity index is 2620. The van der Waals surface area contributed by atoms with Gasteiger partial charge in [0.1, 0.15) is 23.0 Å². The Morgan fingerprint density at radius 1 is 0.803 bits per heavy atom. The van der Waals surface area contributed by atoms with E-state index in [0.29, 0.717) is 47.8 Å². The minimum atomic E-state index is -1.11. The molecule has 0 bridgehead atoms. The number of nitrogens with zero attached hydrogens (tertiary/aromatic N) is 5. The number of allylic oxidation sites excluding steroid dienone is 1. The zero-order valence-corrected chi connectivity index (χ0v) is 38.9. The maximum atomic E-state index is 13.5. The number of aromatic carboxylic acids is 1. The standard InChI is InChI=1S/C53H62N6O7/c1-33(2)43-28-45(47(61)29-46(43)60)52(63)59-31-36-11-10-34(24-37(36)32-59)30-58-22-20-57(21-23-58)19-9-7-8-18-54-51(62)35-12-15-40(44(25-35)53(64)65)50-41-16-13-38(55(3)4)26-48(41)66-49-27-39(56(5)6)14-17-42(49)50/h10-17,24-29,33,38,60-61H,7-9,18-23,30-32H2,1-6H3,(H,54,62)(H,64,65). The van der Waals surface area contributed by atoms with Crippen LogP contribution in [0.3, 0.4) is 0 Å². The molecule has 13 heteroatoms. The minimum absolute atomic E-state index is 0.00356. The second kappa shape index (κ2) is 19.6. The Kier molecular flexibility index (Phi) is 13.7. The number of carbonyl (C=O) groups excluding carboxylic acids is 2. The normalized spacial score (nSPS) is 17.1. The van der Waals surface area contributed by atoms with Crippen LogP contribution in [0.15, 0.2) is 96.3 Å². The van der Waals surface area contributed by atoms with Crippen LogP contribution in [0.4, 0.5) is 5.69 Å². The summed E-state index contributed by atoms with van der Waals surface area (Å²) < 4.78 is 6.46. The Labute approximate surface area is 387 Å². The molecule has 0 saturated carbocycles. The summed E-state index contributed by atoms with van der Waals surface area (Å²) in [5.74, 6) is -0.525. The van der Waals surface area contributed by atoms with Gasteiger partial charge in [-0.05, 0) is 104 Å². The van der Waals surface area contributed by atoms with Gasteiger partial charge >= 0.3 is 5.97 Å². The number of hydrogen-bond acceptors (Lipinski definition) is 10. The van der Waals surface area contributed by atoms with Crippen molar-refractivity contribution in [3.63, 3.8) is 0 Å². The molecule has 1 atom stereocenters. The van der Waals surface area contributed by atoms with Gasteiger partial charge in [0.15, 0.2) is 0 Å². The van der Waals surface area contributed by atoms with Gasteiger partial charge in [-0.1, -0.05) is 56.7 Å². The van der Waals surface area contributed by atoms with Gasteiger partial charge < -0.3 is 40.1 Å². The topological polar surface area (TPSA) is 149 Å². The highest BCUT2D eigenvalue weighted by molar-refractivity contribution is 6.04. The molecular formula is C53H62N6O7. The summed E-state index contributed by atoms with van der Waals surface area (Å²) in [7, 11) is 7.92. The number of phenols is 2. The quantitative estimate of drug-likeness (QED) is 0.0883. The van der Waals surface area contributed by atoms with Crippen LogP contribution in [0.1, 0.15) is 103 Å². The SMILES string of the molecule is CC(C)c1cc(C(=O)N2Cc3ccc(CN4CCN(CCCCCNC(=O)c5ccc(C6=C7C=CC(N(C)C)C=C7Oc7cc(N(C)C)ccc76)c(C(=O)O)c5)CC4)cc3C2)c(O)cc1O. The first-order chi connectivity index (χ1) is 31.6. The molecule has 0 aromatic heterocycles. The molecular weight excluding hydrogens is 833 g/mol. The number of benzene rings is 4. The third-order valence-corrected chi connectivity index (χ3v) is 13.3. The molecule has 4 aromatic carbocycles. The molecule has 3 aliphatic heterocycles. The number of aromatic hydroxyl groups is 2. The van der Waals surface area contributed by atoms with Gasteiger partial charge in [0, 0.05) is 113 Å². The Balaban J connectivity index is 0.798. The van der Waals surface area contributed by atoms with Gasteiger partial charge in [0.2, 0.25) is 0 Å². The first-order valence-corrected chi connectivity index (χ1v) is 23.0. The molecule has 4 aromatic rings. The van der Waals surface area contributed by atoms with Crippen molar-refractivity contribution in [2.45, 2.75) is 64.7 Å². The maximum Gasteiger partial charge on any atom is 0.336 e. The molecule has 8 rings (SSSR count). The molecule has 1 fully saturated rings. The molecule has 346 valence electrons. The Hall–Kier alpha value is -6.41. The molecule has 1 saturated heterocycles. The Morgan fingerprint density at radius 3 is 2.27 bits per heavy atom. The zero-order chi connectivity index (χ0) is 46.8. The van der Waals surface area contributed by atoms with E-state index in [4.69, 9.17) is 4.74 Å². The van der Waals surface area contributed by atoms with Crippen molar-refractivity contribution in [3.05, 3.63) is 146 Å². The molecule has 66 heavy (non-hydrogen) atoms. The number of unbranched alkanes of at least 4 members (excludes halogenated alkanes) is 2. The summed E-state index contributed by atoms with van der Waals surface area (Å²) in [6.07, 6.45) is 8.92. The summed E-state index contributed by atoms with van der Waals surface area (Å²) in [5.41, 5.74) is 8.51. The second-order valence-corrected chi connectivity index (χ2v) is 18.7. The van der Waals surface area contributed by atoms with Gasteiger partial charge in [-0.2, -0.15) is 0 Å². The largest absolute Gasteiger partial charge is 0.508 e. The van der Waals surface area contributed by atoms with Gasteiger partial charge in [-0.15, -0.1) is 0 Å².